The van der Waals surface area contributed by atoms with Gasteiger partial charge in [-0.25, -0.2) is 0 Å². The maximum absolute atomic E-state index is 12.9. The van der Waals surface area contributed by atoms with Crippen molar-refractivity contribution in [1.29, 1.82) is 0 Å². The van der Waals surface area contributed by atoms with Crippen molar-refractivity contribution < 1.29 is 28.6 Å². The summed E-state index contributed by atoms with van der Waals surface area (Å²) in [5, 5.41) is 0. The Balaban J connectivity index is 4.39. The summed E-state index contributed by atoms with van der Waals surface area (Å²) in [5.74, 6) is -0.895. The van der Waals surface area contributed by atoms with Gasteiger partial charge in [0.15, 0.2) is 6.10 Å². The van der Waals surface area contributed by atoms with Crippen LogP contribution in [-0.4, -0.2) is 37.2 Å². The highest BCUT2D eigenvalue weighted by Crippen LogP contribution is 2.17. The van der Waals surface area contributed by atoms with Crippen LogP contribution < -0.4 is 0 Å². The second kappa shape index (κ2) is 66.1. The van der Waals surface area contributed by atoms with E-state index in [1.807, 2.05) is 0 Å². The molecule has 450 valence electrons. The Labute approximate surface area is 484 Å². The standard InChI is InChI=1S/C72H126O6/c1-4-7-10-13-16-19-22-25-28-31-33-35-37-38-41-44-47-50-53-56-59-62-65-71(74)77-68-69(67-76-70(73)64-61-58-55-52-49-46-43-40-30-27-24-21-18-15-12-9-6-3)78-72(75)66-63-60-57-54-51-48-45-42-39-36-34-32-29-26-23-20-17-14-11-8-5-2/h8,11,17-18,20-21,26-27,29-30,34,36,42,45,69H,4-7,9-10,12-16,19,22-25,28,31-33,35,37-41,43-44,46-68H2,1-3H3/b11-8-,20-17-,21-18-,29-26-,30-27-,36-34-,45-42-. The van der Waals surface area contributed by atoms with E-state index in [1.54, 1.807) is 0 Å². The molecule has 0 saturated heterocycles. The molecular formula is C72H126O6. The van der Waals surface area contributed by atoms with Gasteiger partial charge in [-0.15, -0.1) is 0 Å². The van der Waals surface area contributed by atoms with Crippen LogP contribution in [0.4, 0.5) is 0 Å². The molecular weight excluding hydrogens is 961 g/mol. The lowest BCUT2D eigenvalue weighted by molar-refractivity contribution is -0.167. The zero-order valence-corrected chi connectivity index (χ0v) is 51.7. The van der Waals surface area contributed by atoms with Gasteiger partial charge in [0.1, 0.15) is 13.2 Å². The second-order valence-electron chi connectivity index (χ2n) is 22.4. The number of carbonyl (C=O) groups is 3. The molecule has 0 radical (unpaired) electrons. The van der Waals surface area contributed by atoms with Gasteiger partial charge in [-0.3, -0.25) is 14.4 Å². The number of hydrogen-bond donors (Lipinski definition) is 0. The topological polar surface area (TPSA) is 78.9 Å². The Hall–Kier alpha value is -3.41. The smallest absolute Gasteiger partial charge is 0.306 e. The van der Waals surface area contributed by atoms with Gasteiger partial charge in [0.2, 0.25) is 0 Å². The van der Waals surface area contributed by atoms with Gasteiger partial charge in [0, 0.05) is 19.3 Å². The minimum Gasteiger partial charge on any atom is -0.462 e. The van der Waals surface area contributed by atoms with Crippen LogP contribution in [0.2, 0.25) is 0 Å². The first kappa shape index (κ1) is 74.6. The van der Waals surface area contributed by atoms with Gasteiger partial charge < -0.3 is 14.2 Å². The lowest BCUT2D eigenvalue weighted by Crippen LogP contribution is -2.30. The predicted molar refractivity (Wildman–Crippen MR) is 339 cm³/mol. The normalized spacial score (nSPS) is 12.6. The third kappa shape index (κ3) is 63.4. The average Bonchev–Trinajstić information content (AvgIpc) is 3.44. The largest absolute Gasteiger partial charge is 0.462 e. The lowest BCUT2D eigenvalue weighted by atomic mass is 10.0. The van der Waals surface area contributed by atoms with E-state index < -0.39 is 6.10 Å². The summed E-state index contributed by atoms with van der Waals surface area (Å²) in [4.78, 5) is 38.4. The van der Waals surface area contributed by atoms with E-state index in [2.05, 4.69) is 106 Å². The first-order valence-corrected chi connectivity index (χ1v) is 33.6. The van der Waals surface area contributed by atoms with Crippen LogP contribution in [0.3, 0.4) is 0 Å². The van der Waals surface area contributed by atoms with Gasteiger partial charge in [-0.1, -0.05) is 305 Å². The molecule has 6 nitrogen and oxygen atoms in total. The van der Waals surface area contributed by atoms with Gasteiger partial charge in [0.05, 0.1) is 0 Å². The van der Waals surface area contributed by atoms with Gasteiger partial charge in [-0.05, 0) is 96.3 Å². The first-order chi connectivity index (χ1) is 38.5. The van der Waals surface area contributed by atoms with Crippen molar-refractivity contribution in [3.63, 3.8) is 0 Å². The van der Waals surface area contributed by atoms with Crippen LogP contribution >= 0.6 is 0 Å². The van der Waals surface area contributed by atoms with Crippen LogP contribution in [0.25, 0.3) is 0 Å². The zero-order chi connectivity index (χ0) is 56.4. The van der Waals surface area contributed by atoms with Crippen molar-refractivity contribution in [2.45, 2.75) is 341 Å². The van der Waals surface area contributed by atoms with E-state index in [4.69, 9.17) is 14.2 Å². The summed E-state index contributed by atoms with van der Waals surface area (Å²) < 4.78 is 17.0. The fourth-order valence-corrected chi connectivity index (χ4v) is 9.62. The minimum absolute atomic E-state index is 0.0844. The van der Waals surface area contributed by atoms with Gasteiger partial charge in [-0.2, -0.15) is 0 Å². The summed E-state index contributed by atoms with van der Waals surface area (Å²) in [6.07, 6.45) is 87.3. The highest BCUT2D eigenvalue weighted by atomic mass is 16.6. The molecule has 1 unspecified atom stereocenters. The molecule has 0 aliphatic carbocycles. The molecule has 0 aromatic rings. The lowest BCUT2D eigenvalue weighted by Gasteiger charge is -2.18. The number of unbranched alkanes of at least 4 members (excludes halogenated alkanes) is 36. The van der Waals surface area contributed by atoms with Gasteiger partial charge >= 0.3 is 17.9 Å². The Morgan fingerprint density at radius 3 is 0.808 bits per heavy atom. The van der Waals surface area contributed by atoms with Crippen molar-refractivity contribution in [1.82, 2.24) is 0 Å². The van der Waals surface area contributed by atoms with Crippen molar-refractivity contribution >= 4 is 17.9 Å². The number of esters is 3. The third-order valence-electron chi connectivity index (χ3n) is 14.6. The second-order valence-corrected chi connectivity index (χ2v) is 22.4. The van der Waals surface area contributed by atoms with E-state index in [0.29, 0.717) is 19.3 Å². The molecule has 0 heterocycles. The van der Waals surface area contributed by atoms with Crippen molar-refractivity contribution in [2.75, 3.05) is 13.2 Å². The fourth-order valence-electron chi connectivity index (χ4n) is 9.62. The molecule has 0 aromatic heterocycles. The number of carbonyl (C=O) groups excluding carboxylic acids is 3. The van der Waals surface area contributed by atoms with Crippen molar-refractivity contribution in [3.05, 3.63) is 85.1 Å². The average molecular weight is 1090 g/mol. The quantitative estimate of drug-likeness (QED) is 0.0261. The van der Waals surface area contributed by atoms with Crippen LogP contribution in [-0.2, 0) is 28.6 Å². The Kier molecular flexibility index (Phi) is 63.2. The molecule has 78 heavy (non-hydrogen) atoms. The van der Waals surface area contributed by atoms with Crippen LogP contribution in [0.1, 0.15) is 335 Å². The number of ether oxygens (including phenoxy) is 3. The van der Waals surface area contributed by atoms with E-state index in [1.165, 1.54) is 173 Å². The van der Waals surface area contributed by atoms with Crippen LogP contribution in [0.5, 0.6) is 0 Å². The summed E-state index contributed by atoms with van der Waals surface area (Å²) in [6.45, 7) is 6.53. The molecule has 0 aromatic carbocycles. The first-order valence-electron chi connectivity index (χ1n) is 33.6. The molecule has 1 atom stereocenters. The minimum atomic E-state index is -0.791. The van der Waals surface area contributed by atoms with E-state index >= 15 is 0 Å². The highest BCUT2D eigenvalue weighted by Gasteiger charge is 2.19. The summed E-state index contributed by atoms with van der Waals surface area (Å²) in [5.41, 5.74) is 0. The Bertz CT molecular complexity index is 1480. The maximum Gasteiger partial charge on any atom is 0.306 e. The van der Waals surface area contributed by atoms with Crippen molar-refractivity contribution in [3.8, 4) is 0 Å². The Morgan fingerprint density at radius 1 is 0.269 bits per heavy atom. The predicted octanol–water partition coefficient (Wildman–Crippen LogP) is 23.1. The Morgan fingerprint density at radius 2 is 0.500 bits per heavy atom. The molecule has 0 amide bonds. The molecule has 0 bridgehead atoms. The van der Waals surface area contributed by atoms with Crippen LogP contribution in [0, 0.1) is 0 Å². The molecule has 0 N–H and O–H groups in total. The molecule has 0 aliphatic heterocycles. The number of rotatable bonds is 61. The molecule has 6 heteroatoms. The highest BCUT2D eigenvalue weighted by molar-refractivity contribution is 5.71. The third-order valence-corrected chi connectivity index (χ3v) is 14.6. The molecule has 0 spiro atoms. The summed E-state index contributed by atoms with van der Waals surface area (Å²) >= 11 is 0. The molecule has 0 saturated carbocycles. The maximum atomic E-state index is 12.9. The van der Waals surface area contributed by atoms with E-state index in [-0.39, 0.29) is 31.1 Å². The number of hydrogen-bond acceptors (Lipinski definition) is 6. The summed E-state index contributed by atoms with van der Waals surface area (Å²) in [6, 6.07) is 0. The number of allylic oxidation sites excluding steroid dienone is 14. The zero-order valence-electron chi connectivity index (χ0n) is 51.7. The van der Waals surface area contributed by atoms with Gasteiger partial charge in [0.25, 0.3) is 0 Å². The SMILES string of the molecule is CC/C=C\C/C=C\C/C=C\C/C=C\C/C=C\CCCCCCCC(=O)OC(COC(=O)CCCCCCCCC/C=C\C/C=C\CCCCC)COC(=O)CCCCCCCCCCCCCCCCCCCCCCCC. The van der Waals surface area contributed by atoms with E-state index in [0.717, 1.165) is 122 Å². The fraction of sp³-hybridized carbons (Fsp3) is 0.764. The van der Waals surface area contributed by atoms with Crippen molar-refractivity contribution in [2.24, 2.45) is 0 Å². The summed E-state index contributed by atoms with van der Waals surface area (Å²) in [7, 11) is 0. The molecule has 0 rings (SSSR count). The van der Waals surface area contributed by atoms with E-state index in [9.17, 15) is 14.4 Å². The molecule has 0 fully saturated rings. The van der Waals surface area contributed by atoms with Crippen LogP contribution in [0.15, 0.2) is 85.1 Å². The monoisotopic (exact) mass is 1090 g/mol. The molecule has 0 aliphatic rings.